The third-order valence-corrected chi connectivity index (χ3v) is 2.75. The predicted molar refractivity (Wildman–Crippen MR) is 71.1 cm³/mol. The van der Waals surface area contributed by atoms with Gasteiger partial charge in [0.05, 0.1) is 0 Å². The standard InChI is InChI=1S/C13H23N3O2/c1-9-7-11(10(2)16(9)6)8-14-15-12(17)18-13(3,4)5/h7,14H,8H2,1-6H3,(H,15,17). The Balaban J connectivity index is 2.42. The maximum absolute atomic E-state index is 11.4. The summed E-state index contributed by atoms with van der Waals surface area (Å²) in [5, 5.41) is 0. The van der Waals surface area contributed by atoms with Crippen molar-refractivity contribution in [3.8, 4) is 0 Å². The van der Waals surface area contributed by atoms with E-state index >= 15 is 0 Å². The van der Waals surface area contributed by atoms with Gasteiger partial charge in [-0.05, 0) is 46.2 Å². The molecule has 1 aromatic heterocycles. The molecule has 0 unspecified atom stereocenters. The van der Waals surface area contributed by atoms with Gasteiger partial charge in [-0.2, -0.15) is 0 Å². The maximum atomic E-state index is 11.4. The minimum absolute atomic E-state index is 0.465. The lowest BCUT2D eigenvalue weighted by atomic mass is 10.2. The molecule has 0 aliphatic carbocycles. The Hall–Kier alpha value is -1.49. The largest absolute Gasteiger partial charge is 0.443 e. The van der Waals surface area contributed by atoms with E-state index in [4.69, 9.17) is 4.74 Å². The van der Waals surface area contributed by atoms with Gasteiger partial charge >= 0.3 is 6.09 Å². The summed E-state index contributed by atoms with van der Waals surface area (Å²) < 4.78 is 7.23. The number of nitrogens with zero attached hydrogens (tertiary/aromatic N) is 1. The second kappa shape index (κ2) is 5.44. The topological polar surface area (TPSA) is 55.3 Å². The number of carbonyl (C=O) groups excluding carboxylic acids is 1. The van der Waals surface area contributed by atoms with Crippen molar-refractivity contribution in [1.82, 2.24) is 15.4 Å². The maximum Gasteiger partial charge on any atom is 0.422 e. The molecule has 0 saturated carbocycles. The highest BCUT2D eigenvalue weighted by atomic mass is 16.6. The lowest BCUT2D eigenvalue weighted by Crippen LogP contribution is -2.40. The monoisotopic (exact) mass is 253 g/mol. The van der Waals surface area contributed by atoms with Crippen LogP contribution >= 0.6 is 0 Å². The zero-order valence-electron chi connectivity index (χ0n) is 12.0. The average Bonchev–Trinajstić information content (AvgIpc) is 2.44. The lowest BCUT2D eigenvalue weighted by Gasteiger charge is -2.19. The normalized spacial score (nSPS) is 11.4. The lowest BCUT2D eigenvalue weighted by molar-refractivity contribution is 0.0497. The molecular weight excluding hydrogens is 230 g/mol. The van der Waals surface area contributed by atoms with Crippen LogP contribution in [0.5, 0.6) is 0 Å². The third kappa shape index (κ3) is 4.07. The van der Waals surface area contributed by atoms with Crippen LogP contribution in [-0.2, 0) is 18.3 Å². The van der Waals surface area contributed by atoms with Gasteiger partial charge in [0.1, 0.15) is 5.60 Å². The molecule has 5 nitrogen and oxygen atoms in total. The molecule has 0 radical (unpaired) electrons. The molecule has 0 fully saturated rings. The van der Waals surface area contributed by atoms with E-state index in [9.17, 15) is 4.79 Å². The van der Waals surface area contributed by atoms with Gasteiger partial charge < -0.3 is 9.30 Å². The van der Waals surface area contributed by atoms with Crippen LogP contribution in [0, 0.1) is 13.8 Å². The van der Waals surface area contributed by atoms with Crippen LogP contribution in [0.3, 0.4) is 0 Å². The fraction of sp³-hybridized carbons (Fsp3) is 0.615. The average molecular weight is 253 g/mol. The van der Waals surface area contributed by atoms with Gasteiger partial charge in [-0.1, -0.05) is 0 Å². The summed E-state index contributed by atoms with van der Waals surface area (Å²) in [5.74, 6) is 0. The fourth-order valence-electron chi connectivity index (χ4n) is 1.63. The molecule has 0 atom stereocenters. The second-order valence-corrected chi connectivity index (χ2v) is 5.44. The molecule has 102 valence electrons. The summed E-state index contributed by atoms with van der Waals surface area (Å²) in [6.07, 6.45) is -0.465. The molecule has 5 heteroatoms. The van der Waals surface area contributed by atoms with E-state index in [1.54, 1.807) is 0 Å². The Morgan fingerprint density at radius 1 is 1.39 bits per heavy atom. The highest BCUT2D eigenvalue weighted by molar-refractivity contribution is 5.66. The van der Waals surface area contributed by atoms with Crippen LogP contribution in [0.25, 0.3) is 0 Å². The van der Waals surface area contributed by atoms with E-state index in [0.29, 0.717) is 6.54 Å². The molecule has 18 heavy (non-hydrogen) atoms. The van der Waals surface area contributed by atoms with E-state index in [1.807, 2.05) is 27.8 Å². The van der Waals surface area contributed by atoms with Crippen molar-refractivity contribution >= 4 is 6.09 Å². The molecular formula is C13H23N3O2. The third-order valence-electron chi connectivity index (χ3n) is 2.75. The summed E-state index contributed by atoms with van der Waals surface area (Å²) in [5.41, 5.74) is 8.45. The molecule has 1 amide bonds. The molecule has 1 aromatic rings. The van der Waals surface area contributed by atoms with Crippen LogP contribution in [-0.4, -0.2) is 16.3 Å². The summed E-state index contributed by atoms with van der Waals surface area (Å²) in [7, 11) is 2.02. The number of hydrogen-bond acceptors (Lipinski definition) is 3. The molecule has 0 saturated heterocycles. The molecule has 0 aliphatic heterocycles. The van der Waals surface area contributed by atoms with E-state index in [2.05, 4.69) is 35.3 Å². The first-order valence-corrected chi connectivity index (χ1v) is 6.04. The van der Waals surface area contributed by atoms with Gasteiger partial charge in [-0.3, -0.25) is 5.43 Å². The van der Waals surface area contributed by atoms with Crippen molar-refractivity contribution in [2.24, 2.45) is 7.05 Å². The number of rotatable bonds is 3. The quantitative estimate of drug-likeness (QED) is 0.812. The smallest absolute Gasteiger partial charge is 0.422 e. The minimum Gasteiger partial charge on any atom is -0.443 e. The Kier molecular flexibility index (Phi) is 4.40. The van der Waals surface area contributed by atoms with E-state index < -0.39 is 11.7 Å². The van der Waals surface area contributed by atoms with Crippen LogP contribution in [0.15, 0.2) is 6.07 Å². The first-order valence-electron chi connectivity index (χ1n) is 6.04. The van der Waals surface area contributed by atoms with Crippen molar-refractivity contribution in [2.75, 3.05) is 0 Å². The number of hydrazine groups is 1. The summed E-state index contributed by atoms with van der Waals surface area (Å²) in [6.45, 7) is 10.2. The van der Waals surface area contributed by atoms with E-state index in [0.717, 1.165) is 5.56 Å². The van der Waals surface area contributed by atoms with Crippen molar-refractivity contribution in [3.63, 3.8) is 0 Å². The number of aromatic nitrogens is 1. The van der Waals surface area contributed by atoms with Gasteiger partial charge in [-0.25, -0.2) is 10.2 Å². The van der Waals surface area contributed by atoms with Gasteiger partial charge in [0.15, 0.2) is 0 Å². The minimum atomic E-state index is -0.481. The molecule has 0 spiro atoms. The number of carbonyl (C=O) groups is 1. The molecule has 1 heterocycles. The highest BCUT2D eigenvalue weighted by Crippen LogP contribution is 2.12. The molecule has 0 aromatic carbocycles. The summed E-state index contributed by atoms with van der Waals surface area (Å²) >= 11 is 0. The van der Waals surface area contributed by atoms with Gasteiger partial charge in [0.25, 0.3) is 0 Å². The fourth-order valence-corrected chi connectivity index (χ4v) is 1.63. The van der Waals surface area contributed by atoms with Crippen molar-refractivity contribution in [3.05, 3.63) is 23.0 Å². The zero-order chi connectivity index (χ0) is 13.9. The number of amides is 1. The first kappa shape index (κ1) is 14.6. The van der Waals surface area contributed by atoms with E-state index in [-0.39, 0.29) is 0 Å². The Morgan fingerprint density at radius 2 is 2.00 bits per heavy atom. The highest BCUT2D eigenvalue weighted by Gasteiger charge is 2.15. The Bertz CT molecular complexity index is 430. The second-order valence-electron chi connectivity index (χ2n) is 5.44. The van der Waals surface area contributed by atoms with Crippen molar-refractivity contribution < 1.29 is 9.53 Å². The van der Waals surface area contributed by atoms with Gasteiger partial charge in [0.2, 0.25) is 0 Å². The first-order chi connectivity index (χ1) is 8.20. The van der Waals surface area contributed by atoms with Crippen LogP contribution in [0.2, 0.25) is 0 Å². The van der Waals surface area contributed by atoms with Crippen LogP contribution < -0.4 is 10.9 Å². The molecule has 1 rings (SSSR count). The predicted octanol–water partition coefficient (Wildman–Crippen LogP) is 2.17. The number of aryl methyl sites for hydroxylation is 1. The number of hydrogen-bond donors (Lipinski definition) is 2. The Labute approximate surface area is 108 Å². The number of nitrogens with one attached hydrogen (secondary N) is 2. The number of ether oxygens (including phenoxy) is 1. The van der Waals surface area contributed by atoms with Crippen LogP contribution in [0.1, 0.15) is 37.7 Å². The van der Waals surface area contributed by atoms with Crippen molar-refractivity contribution in [2.45, 2.75) is 46.8 Å². The zero-order valence-corrected chi connectivity index (χ0v) is 12.0. The van der Waals surface area contributed by atoms with Gasteiger partial charge in [0, 0.05) is 25.0 Å². The molecule has 2 N–H and O–H groups in total. The van der Waals surface area contributed by atoms with Crippen LogP contribution in [0.4, 0.5) is 4.79 Å². The van der Waals surface area contributed by atoms with Gasteiger partial charge in [-0.15, -0.1) is 0 Å². The molecule has 0 bridgehead atoms. The molecule has 0 aliphatic rings. The Morgan fingerprint density at radius 3 is 2.44 bits per heavy atom. The van der Waals surface area contributed by atoms with E-state index in [1.165, 1.54) is 11.4 Å². The van der Waals surface area contributed by atoms with Crippen molar-refractivity contribution in [1.29, 1.82) is 0 Å². The summed E-state index contributed by atoms with van der Waals surface area (Å²) in [6, 6.07) is 2.10. The SMILES string of the molecule is Cc1cc(CNNC(=O)OC(C)(C)C)c(C)n1C. The summed E-state index contributed by atoms with van der Waals surface area (Å²) in [4.78, 5) is 11.4.